The molecular formula is C10H11NO8. The second-order valence-corrected chi connectivity index (χ2v) is 3.09. The number of nitrogens with zero attached hydrogens (tertiary/aromatic N) is 1. The number of carboxylic acids is 3. The van der Waals surface area contributed by atoms with Gasteiger partial charge in [-0.2, -0.15) is 0 Å². The van der Waals surface area contributed by atoms with Gasteiger partial charge in [0.05, 0.1) is 0 Å². The Hall–Kier alpha value is -2.52. The van der Waals surface area contributed by atoms with Gasteiger partial charge in [0.25, 0.3) is 0 Å². The van der Waals surface area contributed by atoms with E-state index in [2.05, 4.69) is 4.98 Å². The highest BCUT2D eigenvalue weighted by atomic mass is 16.4. The number of carbonyl (C=O) groups is 3. The third-order valence-corrected chi connectivity index (χ3v) is 1.69. The Kier molecular flexibility index (Phi) is 6.71. The van der Waals surface area contributed by atoms with Crippen molar-refractivity contribution in [3.05, 3.63) is 30.1 Å². The van der Waals surface area contributed by atoms with Gasteiger partial charge in [-0.25, -0.2) is 19.4 Å². The highest BCUT2D eigenvalue weighted by Crippen LogP contribution is 1.92. The predicted octanol–water partition coefficient (Wildman–Crippen LogP) is -1.34. The van der Waals surface area contributed by atoms with Crippen LogP contribution in [0.3, 0.4) is 0 Å². The lowest BCUT2D eigenvalue weighted by Crippen LogP contribution is -2.39. The number of hydrogen-bond donors (Lipinski definition) is 5. The van der Waals surface area contributed by atoms with Crippen LogP contribution >= 0.6 is 0 Å². The van der Waals surface area contributed by atoms with Gasteiger partial charge in [-0.3, -0.25) is 0 Å². The zero-order valence-electron chi connectivity index (χ0n) is 9.37. The smallest absolute Gasteiger partial charge is 0.354 e. The number of aromatic nitrogens is 1. The van der Waals surface area contributed by atoms with Gasteiger partial charge >= 0.3 is 17.9 Å². The number of aliphatic hydroxyl groups excluding tert-OH is 2. The molecule has 2 atom stereocenters. The van der Waals surface area contributed by atoms with Crippen molar-refractivity contribution in [2.45, 2.75) is 12.2 Å². The summed E-state index contributed by atoms with van der Waals surface area (Å²) in [6, 6.07) is 4.76. The van der Waals surface area contributed by atoms with E-state index in [0.29, 0.717) is 0 Å². The topological polar surface area (TPSA) is 165 Å². The van der Waals surface area contributed by atoms with Crippen LogP contribution in [0.5, 0.6) is 0 Å². The zero-order chi connectivity index (χ0) is 15.0. The first-order chi connectivity index (χ1) is 8.77. The van der Waals surface area contributed by atoms with Crippen LogP contribution in [-0.2, 0) is 9.59 Å². The molecule has 0 radical (unpaired) electrons. The molecule has 0 bridgehead atoms. The summed E-state index contributed by atoms with van der Waals surface area (Å²) in [5, 5.41) is 40.8. The minimum atomic E-state index is -2.27. The van der Waals surface area contributed by atoms with E-state index < -0.39 is 30.1 Å². The molecule has 1 rings (SSSR count). The third-order valence-electron chi connectivity index (χ3n) is 1.69. The predicted molar refractivity (Wildman–Crippen MR) is 58.5 cm³/mol. The number of pyridine rings is 1. The first-order valence-electron chi connectivity index (χ1n) is 4.73. The van der Waals surface area contributed by atoms with Gasteiger partial charge < -0.3 is 25.5 Å². The van der Waals surface area contributed by atoms with Gasteiger partial charge in [0.15, 0.2) is 12.2 Å². The molecule has 104 valence electrons. The minimum absolute atomic E-state index is 0.0810. The monoisotopic (exact) mass is 273 g/mol. The van der Waals surface area contributed by atoms with E-state index in [4.69, 9.17) is 25.5 Å². The van der Waals surface area contributed by atoms with Gasteiger partial charge in [0, 0.05) is 6.20 Å². The molecule has 1 heterocycles. The summed E-state index contributed by atoms with van der Waals surface area (Å²) in [6.45, 7) is 0. The molecular weight excluding hydrogens is 262 g/mol. The Labute approximate surface area is 106 Å². The molecule has 1 aromatic heterocycles. The molecule has 0 aliphatic rings. The van der Waals surface area contributed by atoms with Crippen molar-refractivity contribution < 1.29 is 39.9 Å². The van der Waals surface area contributed by atoms with Crippen molar-refractivity contribution in [3.63, 3.8) is 0 Å². The lowest BCUT2D eigenvalue weighted by molar-refractivity contribution is -0.165. The first kappa shape index (κ1) is 16.5. The Balaban J connectivity index is 0.000000342. The fourth-order valence-electron chi connectivity index (χ4n) is 0.759. The van der Waals surface area contributed by atoms with Crippen LogP contribution in [0.2, 0.25) is 0 Å². The number of rotatable bonds is 4. The SMILES string of the molecule is O=C(O)C(O)C(O)C(=O)O.O=C(O)c1ccccn1. The maximum atomic E-state index is 10.1. The first-order valence-corrected chi connectivity index (χ1v) is 4.73. The molecule has 0 fully saturated rings. The summed E-state index contributed by atoms with van der Waals surface area (Å²) < 4.78 is 0. The summed E-state index contributed by atoms with van der Waals surface area (Å²) in [4.78, 5) is 33.3. The van der Waals surface area contributed by atoms with Gasteiger partial charge in [0.2, 0.25) is 0 Å². The fraction of sp³-hybridized carbons (Fsp3) is 0.200. The fourth-order valence-corrected chi connectivity index (χ4v) is 0.759. The van der Waals surface area contributed by atoms with E-state index in [1.807, 2.05) is 0 Å². The number of hydrogen-bond acceptors (Lipinski definition) is 6. The van der Waals surface area contributed by atoms with Crippen molar-refractivity contribution >= 4 is 17.9 Å². The molecule has 19 heavy (non-hydrogen) atoms. The molecule has 5 N–H and O–H groups in total. The van der Waals surface area contributed by atoms with Crippen LogP contribution in [0.4, 0.5) is 0 Å². The average Bonchev–Trinajstić information content (AvgIpc) is 2.38. The molecule has 0 aliphatic heterocycles. The van der Waals surface area contributed by atoms with E-state index in [1.54, 1.807) is 12.1 Å². The molecule has 0 saturated carbocycles. The van der Waals surface area contributed by atoms with E-state index >= 15 is 0 Å². The third kappa shape index (κ3) is 6.10. The highest BCUT2D eigenvalue weighted by molar-refractivity contribution is 5.85. The molecule has 0 aromatic carbocycles. The Morgan fingerprint density at radius 2 is 1.42 bits per heavy atom. The van der Waals surface area contributed by atoms with Crippen LogP contribution in [0.15, 0.2) is 24.4 Å². The highest BCUT2D eigenvalue weighted by Gasteiger charge is 2.29. The minimum Gasteiger partial charge on any atom is -0.479 e. The van der Waals surface area contributed by atoms with Crippen LogP contribution in [-0.4, -0.2) is 60.6 Å². The lowest BCUT2D eigenvalue weighted by atomic mass is 10.2. The Morgan fingerprint density at radius 1 is 0.947 bits per heavy atom. The van der Waals surface area contributed by atoms with Gasteiger partial charge in [-0.05, 0) is 12.1 Å². The average molecular weight is 273 g/mol. The zero-order valence-corrected chi connectivity index (χ0v) is 9.37. The maximum Gasteiger partial charge on any atom is 0.354 e. The summed E-state index contributed by atoms with van der Waals surface area (Å²) in [5.41, 5.74) is 0.0810. The van der Waals surface area contributed by atoms with E-state index in [1.165, 1.54) is 12.3 Å². The second kappa shape index (κ2) is 7.74. The molecule has 0 aliphatic carbocycles. The van der Waals surface area contributed by atoms with Crippen LogP contribution in [0.25, 0.3) is 0 Å². The van der Waals surface area contributed by atoms with E-state index in [9.17, 15) is 14.4 Å². The molecule has 9 heteroatoms. The Bertz CT molecular complexity index is 428. The summed E-state index contributed by atoms with van der Waals surface area (Å²) >= 11 is 0. The van der Waals surface area contributed by atoms with Crippen molar-refractivity contribution in [2.24, 2.45) is 0 Å². The molecule has 9 nitrogen and oxygen atoms in total. The van der Waals surface area contributed by atoms with Crippen molar-refractivity contribution in [2.75, 3.05) is 0 Å². The molecule has 0 saturated heterocycles. The van der Waals surface area contributed by atoms with Gasteiger partial charge in [-0.15, -0.1) is 0 Å². The number of aliphatic carboxylic acids is 2. The summed E-state index contributed by atoms with van der Waals surface area (Å²) in [7, 11) is 0. The summed E-state index contributed by atoms with van der Waals surface area (Å²) in [6.07, 6.45) is -3.08. The van der Waals surface area contributed by atoms with Crippen LogP contribution in [0.1, 0.15) is 10.5 Å². The normalized spacial score (nSPS) is 12.5. The van der Waals surface area contributed by atoms with Crippen LogP contribution in [0, 0.1) is 0 Å². The maximum absolute atomic E-state index is 10.1. The van der Waals surface area contributed by atoms with Gasteiger partial charge in [-0.1, -0.05) is 6.07 Å². The quantitative estimate of drug-likeness (QED) is 0.446. The summed E-state index contributed by atoms with van der Waals surface area (Å²) in [5.74, 6) is -4.53. The van der Waals surface area contributed by atoms with Crippen LogP contribution < -0.4 is 0 Å². The van der Waals surface area contributed by atoms with Crippen molar-refractivity contribution in [1.82, 2.24) is 4.98 Å². The van der Waals surface area contributed by atoms with Crippen molar-refractivity contribution in [3.8, 4) is 0 Å². The molecule has 0 spiro atoms. The second-order valence-electron chi connectivity index (χ2n) is 3.09. The van der Waals surface area contributed by atoms with Crippen molar-refractivity contribution in [1.29, 1.82) is 0 Å². The lowest BCUT2D eigenvalue weighted by Gasteiger charge is -2.07. The molecule has 0 amide bonds. The van der Waals surface area contributed by atoms with E-state index in [0.717, 1.165) is 0 Å². The number of carboxylic acid groups (broad SMARTS) is 3. The van der Waals surface area contributed by atoms with E-state index in [-0.39, 0.29) is 5.69 Å². The molecule has 2 unspecified atom stereocenters. The number of aliphatic hydroxyl groups is 2. The van der Waals surface area contributed by atoms with Gasteiger partial charge in [0.1, 0.15) is 5.69 Å². The largest absolute Gasteiger partial charge is 0.479 e. The standard InChI is InChI=1S/C6H5NO2.C4H6O6/c8-6(9)5-3-1-2-4-7-5;5-1(3(7)8)2(6)4(9)10/h1-4H,(H,8,9);1-2,5-6H,(H,7,8)(H,9,10). The number of aromatic carboxylic acids is 1. The Morgan fingerprint density at radius 3 is 1.63 bits per heavy atom. The molecule has 1 aromatic rings.